The molecule has 1 aliphatic rings. The monoisotopic (exact) mass is 340 g/mol. The first-order chi connectivity index (χ1) is 10.7. The van der Waals surface area contributed by atoms with Gasteiger partial charge in [-0.15, -0.1) is 0 Å². The quantitative estimate of drug-likeness (QED) is 0.827. The predicted octanol–water partition coefficient (Wildman–Crippen LogP) is 2.77. The average molecular weight is 340 g/mol. The highest BCUT2D eigenvalue weighted by Gasteiger charge is 2.45. The number of hydrogen-bond donors (Lipinski definition) is 0. The van der Waals surface area contributed by atoms with Crippen LogP contribution >= 0.6 is 0 Å². The third-order valence-electron chi connectivity index (χ3n) is 4.64. The molecule has 1 saturated heterocycles. The van der Waals surface area contributed by atoms with Crippen LogP contribution in [0.4, 0.5) is 0 Å². The third kappa shape index (κ3) is 3.60. The van der Waals surface area contributed by atoms with Crippen LogP contribution in [0.15, 0.2) is 24.3 Å². The Morgan fingerprint density at radius 2 is 1.74 bits per heavy atom. The van der Waals surface area contributed by atoms with Crippen molar-refractivity contribution in [1.82, 2.24) is 9.37 Å². The zero-order valence-corrected chi connectivity index (χ0v) is 15.7. The molecular formula is C17H28N2O3S. The van der Waals surface area contributed by atoms with Gasteiger partial charge in [0.2, 0.25) is 10.0 Å². The summed E-state index contributed by atoms with van der Waals surface area (Å²) in [6, 6.07) is 7.81. The Labute approximate surface area is 140 Å². The van der Waals surface area contributed by atoms with Crippen molar-refractivity contribution in [3.05, 3.63) is 35.4 Å². The van der Waals surface area contributed by atoms with Crippen molar-refractivity contribution in [2.45, 2.75) is 50.9 Å². The minimum Gasteiger partial charge on any atom is -0.297 e. The van der Waals surface area contributed by atoms with Gasteiger partial charge >= 0.3 is 0 Å². The Kier molecular flexibility index (Phi) is 5.51. The normalized spacial score (nSPS) is 23.3. The minimum atomic E-state index is -3.43. The fraction of sp³-hybridized carbons (Fsp3) is 0.647. The van der Waals surface area contributed by atoms with Crippen LogP contribution in [0.25, 0.3) is 0 Å². The molecule has 1 aliphatic heterocycles. The van der Waals surface area contributed by atoms with Crippen molar-refractivity contribution >= 4 is 10.0 Å². The zero-order valence-electron chi connectivity index (χ0n) is 14.9. The topological polar surface area (TPSA) is 49.9 Å². The van der Waals surface area contributed by atoms with E-state index in [1.165, 1.54) is 9.87 Å². The predicted molar refractivity (Wildman–Crippen MR) is 92.6 cm³/mol. The molecule has 0 aliphatic carbocycles. The van der Waals surface area contributed by atoms with E-state index in [0.29, 0.717) is 5.92 Å². The smallest absolute Gasteiger partial charge is 0.221 e. The van der Waals surface area contributed by atoms with Crippen LogP contribution in [0.3, 0.4) is 0 Å². The molecule has 0 aromatic heterocycles. The van der Waals surface area contributed by atoms with E-state index in [0.717, 1.165) is 5.56 Å². The molecule has 1 fully saturated rings. The molecule has 0 amide bonds. The van der Waals surface area contributed by atoms with E-state index < -0.39 is 15.3 Å². The molecule has 6 heteroatoms. The van der Waals surface area contributed by atoms with E-state index in [4.69, 9.17) is 4.84 Å². The summed E-state index contributed by atoms with van der Waals surface area (Å²) in [7, 11) is 0.00570. The maximum absolute atomic E-state index is 12.9. The lowest BCUT2D eigenvalue weighted by Gasteiger charge is -2.28. The van der Waals surface area contributed by atoms with Gasteiger partial charge in [-0.3, -0.25) is 4.84 Å². The second kappa shape index (κ2) is 6.89. The summed E-state index contributed by atoms with van der Waals surface area (Å²) in [5.41, 5.74) is 2.22. The summed E-state index contributed by atoms with van der Waals surface area (Å²) in [5.74, 6) is 0.452. The summed E-state index contributed by atoms with van der Waals surface area (Å²) >= 11 is 0. The van der Waals surface area contributed by atoms with Crippen molar-refractivity contribution in [3.8, 4) is 0 Å². The van der Waals surface area contributed by atoms with Gasteiger partial charge in [0.25, 0.3) is 0 Å². The van der Waals surface area contributed by atoms with E-state index in [1.807, 2.05) is 26.0 Å². The SMILES string of the molecule is CC(C)c1ccc(C2C(S(=O)(=O)N(C)C(C)C)CON2C)cc1. The highest BCUT2D eigenvalue weighted by Crippen LogP contribution is 2.35. The lowest BCUT2D eigenvalue weighted by molar-refractivity contribution is -0.110. The lowest BCUT2D eigenvalue weighted by Crippen LogP contribution is -2.43. The molecule has 1 heterocycles. The highest BCUT2D eigenvalue weighted by atomic mass is 32.2. The Morgan fingerprint density at radius 1 is 1.17 bits per heavy atom. The van der Waals surface area contributed by atoms with E-state index in [2.05, 4.69) is 26.0 Å². The molecule has 130 valence electrons. The van der Waals surface area contributed by atoms with Gasteiger partial charge in [-0.05, 0) is 30.9 Å². The van der Waals surface area contributed by atoms with Crippen molar-refractivity contribution < 1.29 is 13.3 Å². The van der Waals surface area contributed by atoms with Gasteiger partial charge in [0.05, 0.1) is 12.6 Å². The van der Waals surface area contributed by atoms with Crippen LogP contribution in [0.2, 0.25) is 0 Å². The summed E-state index contributed by atoms with van der Waals surface area (Å²) < 4.78 is 27.2. The molecule has 0 N–H and O–H groups in total. The molecule has 5 nitrogen and oxygen atoms in total. The van der Waals surface area contributed by atoms with Crippen LogP contribution in [-0.4, -0.2) is 49.8 Å². The largest absolute Gasteiger partial charge is 0.297 e. The van der Waals surface area contributed by atoms with E-state index in [-0.39, 0.29) is 18.7 Å². The first-order valence-corrected chi connectivity index (χ1v) is 9.59. The van der Waals surface area contributed by atoms with Gasteiger partial charge in [-0.2, -0.15) is 5.06 Å². The average Bonchev–Trinajstić information content (AvgIpc) is 2.88. The van der Waals surface area contributed by atoms with Crippen molar-refractivity contribution in [2.75, 3.05) is 20.7 Å². The number of sulfonamides is 1. The minimum absolute atomic E-state index is 0.0742. The number of rotatable bonds is 5. The van der Waals surface area contributed by atoms with Gasteiger partial charge in [-0.1, -0.05) is 38.1 Å². The second-order valence-electron chi connectivity index (χ2n) is 6.80. The number of hydrogen-bond acceptors (Lipinski definition) is 4. The maximum Gasteiger partial charge on any atom is 0.221 e. The molecule has 2 rings (SSSR count). The molecule has 0 saturated carbocycles. The van der Waals surface area contributed by atoms with Gasteiger partial charge < -0.3 is 0 Å². The molecule has 0 spiro atoms. The van der Waals surface area contributed by atoms with E-state index in [1.54, 1.807) is 19.2 Å². The molecular weight excluding hydrogens is 312 g/mol. The zero-order chi connectivity index (χ0) is 17.4. The molecule has 2 unspecified atom stereocenters. The Hall–Kier alpha value is -0.950. The molecule has 0 bridgehead atoms. The van der Waals surface area contributed by atoms with Crippen LogP contribution in [0.1, 0.15) is 50.8 Å². The Morgan fingerprint density at radius 3 is 2.22 bits per heavy atom. The van der Waals surface area contributed by atoms with Gasteiger partial charge in [-0.25, -0.2) is 12.7 Å². The van der Waals surface area contributed by atoms with Crippen LogP contribution in [0.5, 0.6) is 0 Å². The highest BCUT2D eigenvalue weighted by molar-refractivity contribution is 7.89. The summed E-state index contributed by atoms with van der Waals surface area (Å²) in [4.78, 5) is 5.55. The van der Waals surface area contributed by atoms with Crippen LogP contribution in [-0.2, 0) is 14.9 Å². The van der Waals surface area contributed by atoms with Gasteiger partial charge in [0.1, 0.15) is 5.25 Å². The molecule has 0 radical (unpaired) electrons. The Bertz CT molecular complexity index is 626. The van der Waals surface area contributed by atoms with Crippen molar-refractivity contribution in [1.29, 1.82) is 0 Å². The summed E-state index contributed by atoms with van der Waals surface area (Å²) in [6.45, 7) is 8.23. The maximum atomic E-state index is 12.9. The summed E-state index contributed by atoms with van der Waals surface area (Å²) in [6.07, 6.45) is 0. The van der Waals surface area contributed by atoms with Crippen molar-refractivity contribution in [3.63, 3.8) is 0 Å². The second-order valence-corrected chi connectivity index (χ2v) is 9.01. The third-order valence-corrected chi connectivity index (χ3v) is 7.03. The fourth-order valence-corrected chi connectivity index (χ4v) is 4.76. The van der Waals surface area contributed by atoms with E-state index in [9.17, 15) is 8.42 Å². The fourth-order valence-electron chi connectivity index (χ4n) is 2.86. The van der Waals surface area contributed by atoms with Crippen LogP contribution in [0, 0.1) is 0 Å². The number of hydroxylamine groups is 2. The standard InChI is InChI=1S/C17H28N2O3S/c1-12(2)14-7-9-15(10-8-14)17-16(11-22-18(17)5)23(20,21)19(6)13(3)4/h7-10,12-13,16-17H,11H2,1-6H3. The lowest BCUT2D eigenvalue weighted by atomic mass is 9.98. The first-order valence-electron chi connectivity index (χ1n) is 8.08. The van der Waals surface area contributed by atoms with E-state index >= 15 is 0 Å². The molecule has 1 aromatic rings. The van der Waals surface area contributed by atoms with Gasteiger partial charge in [0.15, 0.2) is 0 Å². The first kappa shape index (κ1) is 18.4. The number of benzene rings is 1. The van der Waals surface area contributed by atoms with Crippen molar-refractivity contribution in [2.24, 2.45) is 0 Å². The molecule has 23 heavy (non-hydrogen) atoms. The molecule has 2 atom stereocenters. The summed E-state index contributed by atoms with van der Waals surface area (Å²) in [5, 5.41) is 1.07. The Balaban J connectivity index is 2.35. The number of nitrogens with zero attached hydrogens (tertiary/aromatic N) is 2. The van der Waals surface area contributed by atoms with Gasteiger partial charge in [0, 0.05) is 20.1 Å². The van der Waals surface area contributed by atoms with Crippen LogP contribution < -0.4 is 0 Å². The molecule has 1 aromatic carbocycles.